The Hall–Kier alpha value is -0.0600. The summed E-state index contributed by atoms with van der Waals surface area (Å²) in [6.45, 7) is 0.450. The zero-order valence-corrected chi connectivity index (χ0v) is 9.78. The molecule has 1 rings (SSSR count). The Morgan fingerprint density at radius 3 is 2.50 bits per heavy atom. The summed E-state index contributed by atoms with van der Waals surface area (Å²) in [5.41, 5.74) is 5.90. The average molecular weight is 260 g/mol. The van der Waals surface area contributed by atoms with Gasteiger partial charge in [-0.3, -0.25) is 4.98 Å². The van der Waals surface area contributed by atoms with Gasteiger partial charge in [-0.25, -0.2) is 0 Å². The van der Waals surface area contributed by atoms with E-state index in [2.05, 4.69) is 4.98 Å². The Kier molecular flexibility index (Phi) is 9.67. The average Bonchev–Trinajstić information content (AvgIpc) is 2.06. The first kappa shape index (κ1) is 16.4. The van der Waals surface area contributed by atoms with E-state index in [0.29, 0.717) is 23.7 Å². The molecule has 6 heteroatoms. The molecule has 3 N–H and O–H groups in total. The van der Waals surface area contributed by atoms with Crippen molar-refractivity contribution in [2.24, 2.45) is 5.73 Å². The second kappa shape index (κ2) is 8.26. The van der Waals surface area contributed by atoms with Gasteiger partial charge >= 0.3 is 0 Å². The normalized spacial score (nSPS) is 11.1. The van der Waals surface area contributed by atoms with Crippen molar-refractivity contribution in [3.8, 4) is 0 Å². The van der Waals surface area contributed by atoms with Gasteiger partial charge in [0.25, 0.3) is 0 Å². The van der Waals surface area contributed by atoms with E-state index in [0.717, 1.165) is 0 Å². The summed E-state index contributed by atoms with van der Waals surface area (Å²) in [6, 6.07) is 3.40. The van der Waals surface area contributed by atoms with Crippen LogP contribution in [0.4, 0.5) is 0 Å². The molecule has 82 valence electrons. The van der Waals surface area contributed by atoms with Crippen LogP contribution < -0.4 is 5.73 Å². The fourth-order valence-corrected chi connectivity index (χ4v) is 1.00. The summed E-state index contributed by atoms with van der Waals surface area (Å²) >= 11 is 5.62. The van der Waals surface area contributed by atoms with E-state index in [-0.39, 0.29) is 24.8 Å². The van der Waals surface area contributed by atoms with Crippen molar-refractivity contribution in [2.45, 2.75) is 12.5 Å². The number of rotatable bonds is 3. The lowest BCUT2D eigenvalue weighted by atomic mass is 10.2. The summed E-state index contributed by atoms with van der Waals surface area (Å²) in [4.78, 5) is 3.96. The van der Waals surface area contributed by atoms with Crippen LogP contribution in [0.3, 0.4) is 0 Å². The van der Waals surface area contributed by atoms with Gasteiger partial charge in [0, 0.05) is 6.20 Å². The highest BCUT2D eigenvalue weighted by molar-refractivity contribution is 6.30. The zero-order chi connectivity index (χ0) is 8.97. The molecule has 0 aliphatic heterocycles. The lowest BCUT2D eigenvalue weighted by molar-refractivity contribution is 0.165. The molecule has 1 unspecified atom stereocenters. The number of halogens is 3. The number of aromatic nitrogens is 1. The molecule has 0 fully saturated rings. The van der Waals surface area contributed by atoms with E-state index in [4.69, 9.17) is 17.3 Å². The number of aliphatic hydroxyl groups excluding tert-OH is 1. The molecule has 0 aliphatic carbocycles. The molecule has 0 aromatic carbocycles. The number of hydrogen-bond acceptors (Lipinski definition) is 3. The molecule has 1 aromatic heterocycles. The van der Waals surface area contributed by atoms with Crippen LogP contribution in [0, 0.1) is 0 Å². The predicted molar refractivity (Wildman–Crippen MR) is 62.4 cm³/mol. The Morgan fingerprint density at radius 2 is 2.07 bits per heavy atom. The van der Waals surface area contributed by atoms with Crippen molar-refractivity contribution in [2.75, 3.05) is 6.54 Å². The van der Waals surface area contributed by atoms with Crippen LogP contribution in [0.25, 0.3) is 0 Å². The van der Waals surface area contributed by atoms with E-state index in [1.54, 1.807) is 12.1 Å². The Labute approximate surface area is 100 Å². The molecule has 1 heterocycles. The van der Waals surface area contributed by atoms with Crippen LogP contribution in [0.15, 0.2) is 18.3 Å². The van der Waals surface area contributed by atoms with Gasteiger partial charge in [0.2, 0.25) is 0 Å². The molecular weight excluding hydrogens is 246 g/mol. The van der Waals surface area contributed by atoms with Gasteiger partial charge in [-0.15, -0.1) is 24.8 Å². The summed E-state index contributed by atoms with van der Waals surface area (Å²) in [6.07, 6.45) is 1.46. The number of nitrogens with zero attached hydrogens (tertiary/aromatic N) is 1. The van der Waals surface area contributed by atoms with Crippen molar-refractivity contribution in [1.29, 1.82) is 0 Å². The highest BCUT2D eigenvalue weighted by Gasteiger charge is 2.06. The molecule has 0 aliphatic rings. The molecule has 0 radical (unpaired) electrons. The second-order valence-corrected chi connectivity index (χ2v) is 2.93. The van der Waals surface area contributed by atoms with Crippen LogP contribution in [0.1, 0.15) is 18.2 Å². The first-order valence-electron chi connectivity index (χ1n) is 3.73. The predicted octanol–water partition coefficient (Wildman–Crippen LogP) is 1.96. The van der Waals surface area contributed by atoms with Crippen molar-refractivity contribution in [3.63, 3.8) is 0 Å². The smallest absolute Gasteiger partial charge is 0.0971 e. The number of hydrogen-bond donors (Lipinski definition) is 2. The molecule has 0 bridgehead atoms. The minimum Gasteiger partial charge on any atom is -0.387 e. The third-order valence-corrected chi connectivity index (χ3v) is 1.76. The van der Waals surface area contributed by atoms with Gasteiger partial charge in [-0.05, 0) is 25.1 Å². The summed E-state index contributed by atoms with van der Waals surface area (Å²) in [5.74, 6) is 0. The standard InChI is InChI=1S/C8H11ClN2O.2ClH/c9-6-1-2-7(11-5-6)8(12)3-4-10;;/h1-2,5,8,12H,3-4,10H2;2*1H. The van der Waals surface area contributed by atoms with Crippen molar-refractivity contribution in [3.05, 3.63) is 29.0 Å². The van der Waals surface area contributed by atoms with Crippen LogP contribution in [0.2, 0.25) is 5.02 Å². The van der Waals surface area contributed by atoms with E-state index in [1.807, 2.05) is 0 Å². The van der Waals surface area contributed by atoms with Gasteiger partial charge in [0.05, 0.1) is 16.8 Å². The van der Waals surface area contributed by atoms with E-state index in [9.17, 15) is 5.11 Å². The first-order valence-corrected chi connectivity index (χ1v) is 4.11. The van der Waals surface area contributed by atoms with E-state index < -0.39 is 6.10 Å². The molecule has 14 heavy (non-hydrogen) atoms. The largest absolute Gasteiger partial charge is 0.387 e. The fraction of sp³-hybridized carbons (Fsp3) is 0.375. The zero-order valence-electron chi connectivity index (χ0n) is 7.39. The maximum atomic E-state index is 9.43. The summed E-state index contributed by atoms with van der Waals surface area (Å²) in [5, 5.41) is 9.99. The van der Waals surface area contributed by atoms with Crippen LogP contribution in [-0.2, 0) is 0 Å². The minimum atomic E-state index is -0.577. The molecule has 0 amide bonds. The topological polar surface area (TPSA) is 59.1 Å². The Bertz CT molecular complexity index is 243. The van der Waals surface area contributed by atoms with Crippen LogP contribution >= 0.6 is 36.4 Å². The highest BCUT2D eigenvalue weighted by atomic mass is 35.5. The Morgan fingerprint density at radius 1 is 1.43 bits per heavy atom. The number of pyridine rings is 1. The fourth-order valence-electron chi connectivity index (χ4n) is 0.890. The Balaban J connectivity index is 0. The molecule has 0 saturated carbocycles. The number of nitrogens with two attached hydrogens (primary N) is 1. The summed E-state index contributed by atoms with van der Waals surface area (Å²) in [7, 11) is 0. The molecule has 1 atom stereocenters. The van der Waals surface area contributed by atoms with Gasteiger partial charge in [-0.2, -0.15) is 0 Å². The van der Waals surface area contributed by atoms with Crippen LogP contribution in [-0.4, -0.2) is 16.6 Å². The summed E-state index contributed by atoms with van der Waals surface area (Å²) < 4.78 is 0. The van der Waals surface area contributed by atoms with Gasteiger partial charge < -0.3 is 10.8 Å². The molecule has 0 spiro atoms. The maximum absolute atomic E-state index is 9.43. The number of aliphatic hydroxyl groups is 1. The quantitative estimate of drug-likeness (QED) is 0.872. The van der Waals surface area contributed by atoms with E-state index in [1.165, 1.54) is 6.20 Å². The molecule has 3 nitrogen and oxygen atoms in total. The lowest BCUT2D eigenvalue weighted by Crippen LogP contribution is -2.07. The minimum absolute atomic E-state index is 0. The van der Waals surface area contributed by atoms with Gasteiger partial charge in [-0.1, -0.05) is 11.6 Å². The highest BCUT2D eigenvalue weighted by Crippen LogP contribution is 2.14. The van der Waals surface area contributed by atoms with Crippen LogP contribution in [0.5, 0.6) is 0 Å². The van der Waals surface area contributed by atoms with Crippen molar-refractivity contribution in [1.82, 2.24) is 4.98 Å². The second-order valence-electron chi connectivity index (χ2n) is 2.49. The molecule has 1 aromatic rings. The van der Waals surface area contributed by atoms with Gasteiger partial charge in [0.15, 0.2) is 0 Å². The van der Waals surface area contributed by atoms with E-state index >= 15 is 0 Å². The first-order chi connectivity index (χ1) is 5.74. The van der Waals surface area contributed by atoms with Crippen molar-refractivity contribution < 1.29 is 5.11 Å². The third-order valence-electron chi connectivity index (χ3n) is 1.53. The monoisotopic (exact) mass is 258 g/mol. The maximum Gasteiger partial charge on any atom is 0.0971 e. The molecular formula is C8H13Cl3N2O. The van der Waals surface area contributed by atoms with Crippen molar-refractivity contribution >= 4 is 36.4 Å². The third kappa shape index (κ3) is 4.98. The molecule has 0 saturated heterocycles. The van der Waals surface area contributed by atoms with Gasteiger partial charge in [0.1, 0.15) is 0 Å². The SMILES string of the molecule is Cl.Cl.NCCC(O)c1ccc(Cl)cn1. The lowest BCUT2D eigenvalue weighted by Gasteiger charge is -2.07.